The number of nitrogens with one attached hydrogen (secondary N) is 1. The second-order valence-electron chi connectivity index (χ2n) is 5.00. The van der Waals surface area contributed by atoms with E-state index in [1.54, 1.807) is 0 Å². The summed E-state index contributed by atoms with van der Waals surface area (Å²) in [5.41, 5.74) is 3.38. The van der Waals surface area contributed by atoms with Crippen LogP contribution in [0.3, 0.4) is 0 Å². The molecule has 0 bridgehead atoms. The Balaban J connectivity index is 2.32. The lowest BCUT2D eigenvalue weighted by molar-refractivity contribution is 0.817. The Morgan fingerprint density at radius 2 is 1.76 bits per heavy atom. The number of aromatic nitrogens is 2. The molecule has 0 spiro atoms. The van der Waals surface area contributed by atoms with Crippen LogP contribution in [-0.4, -0.2) is 23.1 Å². The predicted molar refractivity (Wildman–Crippen MR) is 89.4 cm³/mol. The lowest BCUT2D eigenvalue weighted by atomic mass is 10.1. The summed E-state index contributed by atoms with van der Waals surface area (Å²) in [5, 5.41) is 3.43. The van der Waals surface area contributed by atoms with Gasteiger partial charge in [-0.15, -0.1) is 0 Å². The average Bonchev–Trinajstić information content (AvgIpc) is 2.48. The SMILES string of the molecule is CCc1ccccc1Nc1cc(C)nc(N(CC)CC)n1. The van der Waals surface area contributed by atoms with Gasteiger partial charge in [0.15, 0.2) is 0 Å². The molecule has 1 aromatic heterocycles. The molecule has 0 aliphatic heterocycles. The maximum absolute atomic E-state index is 4.65. The van der Waals surface area contributed by atoms with Gasteiger partial charge in [0.2, 0.25) is 5.95 Å². The number of benzene rings is 1. The molecule has 1 heterocycles. The van der Waals surface area contributed by atoms with Gasteiger partial charge >= 0.3 is 0 Å². The molecule has 0 aliphatic carbocycles. The van der Waals surface area contributed by atoms with Gasteiger partial charge in [0.05, 0.1) is 0 Å². The fraction of sp³-hybridized carbons (Fsp3) is 0.412. The van der Waals surface area contributed by atoms with E-state index in [1.165, 1.54) is 5.56 Å². The van der Waals surface area contributed by atoms with Crippen molar-refractivity contribution in [2.75, 3.05) is 23.3 Å². The van der Waals surface area contributed by atoms with Gasteiger partial charge in [-0.05, 0) is 38.8 Å². The Morgan fingerprint density at radius 1 is 1.05 bits per heavy atom. The highest BCUT2D eigenvalue weighted by molar-refractivity contribution is 5.61. The summed E-state index contributed by atoms with van der Waals surface area (Å²) in [4.78, 5) is 11.3. The zero-order valence-electron chi connectivity index (χ0n) is 13.3. The van der Waals surface area contributed by atoms with Crippen molar-refractivity contribution in [3.05, 3.63) is 41.6 Å². The van der Waals surface area contributed by atoms with Crippen LogP contribution in [0.25, 0.3) is 0 Å². The molecule has 2 rings (SSSR count). The Labute approximate surface area is 127 Å². The topological polar surface area (TPSA) is 41.1 Å². The lowest BCUT2D eigenvalue weighted by Crippen LogP contribution is -2.24. The van der Waals surface area contributed by atoms with Gasteiger partial charge in [-0.25, -0.2) is 4.98 Å². The number of anilines is 3. The van der Waals surface area contributed by atoms with Crippen molar-refractivity contribution in [1.82, 2.24) is 9.97 Å². The molecule has 0 unspecified atom stereocenters. The van der Waals surface area contributed by atoms with Gasteiger partial charge in [-0.2, -0.15) is 4.98 Å². The van der Waals surface area contributed by atoms with Gasteiger partial charge in [0.25, 0.3) is 0 Å². The Hall–Kier alpha value is -2.10. The molecule has 0 atom stereocenters. The first-order chi connectivity index (χ1) is 10.2. The van der Waals surface area contributed by atoms with Gasteiger partial charge in [0.1, 0.15) is 5.82 Å². The van der Waals surface area contributed by atoms with Crippen molar-refractivity contribution in [1.29, 1.82) is 0 Å². The van der Waals surface area contributed by atoms with Gasteiger partial charge in [-0.3, -0.25) is 0 Å². The molecule has 0 fully saturated rings. The minimum atomic E-state index is 0.788. The summed E-state index contributed by atoms with van der Waals surface area (Å²) >= 11 is 0. The van der Waals surface area contributed by atoms with E-state index in [2.05, 4.69) is 59.2 Å². The van der Waals surface area contributed by atoms with Crippen molar-refractivity contribution in [3.8, 4) is 0 Å². The van der Waals surface area contributed by atoms with Crippen LogP contribution in [0.4, 0.5) is 17.5 Å². The molecule has 0 aliphatic rings. The summed E-state index contributed by atoms with van der Waals surface area (Å²) in [6, 6.07) is 10.3. The monoisotopic (exact) mass is 284 g/mol. The van der Waals surface area contributed by atoms with Gasteiger partial charge < -0.3 is 10.2 Å². The summed E-state index contributed by atoms with van der Waals surface area (Å²) in [6.07, 6.45) is 0.996. The normalized spacial score (nSPS) is 10.5. The van der Waals surface area contributed by atoms with Crippen LogP contribution in [0.5, 0.6) is 0 Å². The van der Waals surface area contributed by atoms with Crippen LogP contribution < -0.4 is 10.2 Å². The van der Waals surface area contributed by atoms with Crippen LogP contribution in [0, 0.1) is 6.92 Å². The maximum Gasteiger partial charge on any atom is 0.227 e. The molecule has 1 N–H and O–H groups in total. The smallest absolute Gasteiger partial charge is 0.227 e. The molecule has 2 aromatic rings. The Kier molecular flexibility index (Phi) is 5.14. The summed E-state index contributed by atoms with van der Waals surface area (Å²) in [6.45, 7) is 10.2. The van der Waals surface area contributed by atoms with Crippen molar-refractivity contribution in [2.24, 2.45) is 0 Å². The fourth-order valence-electron chi connectivity index (χ4n) is 2.35. The van der Waals surface area contributed by atoms with Crippen LogP contribution in [0.1, 0.15) is 32.0 Å². The van der Waals surface area contributed by atoms with Crippen LogP contribution >= 0.6 is 0 Å². The third-order valence-corrected chi connectivity index (χ3v) is 3.55. The minimum Gasteiger partial charge on any atom is -0.341 e. The summed E-state index contributed by atoms with van der Waals surface area (Å²) < 4.78 is 0. The summed E-state index contributed by atoms with van der Waals surface area (Å²) in [7, 11) is 0. The molecule has 4 heteroatoms. The molecule has 4 nitrogen and oxygen atoms in total. The molecular formula is C17H24N4. The molecule has 21 heavy (non-hydrogen) atoms. The molecular weight excluding hydrogens is 260 g/mol. The minimum absolute atomic E-state index is 0.788. The molecule has 0 saturated carbocycles. The van der Waals surface area contributed by atoms with Crippen molar-refractivity contribution in [3.63, 3.8) is 0 Å². The highest BCUT2D eigenvalue weighted by Gasteiger charge is 2.09. The first-order valence-electron chi connectivity index (χ1n) is 7.63. The molecule has 112 valence electrons. The second kappa shape index (κ2) is 7.07. The number of para-hydroxylation sites is 1. The largest absolute Gasteiger partial charge is 0.341 e. The standard InChI is InChI=1S/C17H24N4/c1-5-14-10-8-9-11-15(14)19-16-12-13(4)18-17(20-16)21(6-2)7-3/h8-12H,5-7H2,1-4H3,(H,18,19,20). The second-order valence-corrected chi connectivity index (χ2v) is 5.00. The van der Waals surface area contributed by atoms with Crippen LogP contribution in [0.15, 0.2) is 30.3 Å². The molecule has 0 saturated heterocycles. The lowest BCUT2D eigenvalue weighted by Gasteiger charge is -2.20. The van der Waals surface area contributed by atoms with E-state index in [4.69, 9.17) is 0 Å². The first-order valence-corrected chi connectivity index (χ1v) is 7.63. The molecule has 0 radical (unpaired) electrons. The first kappa shape index (κ1) is 15.3. The van der Waals surface area contributed by atoms with Crippen molar-refractivity contribution < 1.29 is 0 Å². The van der Waals surface area contributed by atoms with E-state index in [1.807, 2.05) is 19.1 Å². The zero-order chi connectivity index (χ0) is 15.2. The number of nitrogens with zero attached hydrogens (tertiary/aromatic N) is 3. The van der Waals surface area contributed by atoms with Crippen molar-refractivity contribution >= 4 is 17.5 Å². The molecule has 0 amide bonds. The van der Waals surface area contributed by atoms with E-state index < -0.39 is 0 Å². The zero-order valence-corrected chi connectivity index (χ0v) is 13.3. The van der Waals surface area contributed by atoms with E-state index in [0.29, 0.717) is 0 Å². The fourth-order valence-corrected chi connectivity index (χ4v) is 2.35. The van der Waals surface area contributed by atoms with E-state index in [-0.39, 0.29) is 0 Å². The van der Waals surface area contributed by atoms with Crippen LogP contribution in [0.2, 0.25) is 0 Å². The van der Waals surface area contributed by atoms with Gasteiger partial charge in [0, 0.05) is 30.5 Å². The Bertz CT molecular complexity index is 591. The highest BCUT2D eigenvalue weighted by Crippen LogP contribution is 2.22. The van der Waals surface area contributed by atoms with Crippen molar-refractivity contribution in [2.45, 2.75) is 34.1 Å². The van der Waals surface area contributed by atoms with Gasteiger partial charge in [-0.1, -0.05) is 25.1 Å². The predicted octanol–water partition coefficient (Wildman–Crippen LogP) is 3.94. The average molecular weight is 284 g/mol. The van der Waals surface area contributed by atoms with E-state index >= 15 is 0 Å². The quantitative estimate of drug-likeness (QED) is 0.872. The number of rotatable bonds is 6. The molecule has 1 aromatic carbocycles. The van der Waals surface area contributed by atoms with E-state index in [0.717, 1.165) is 42.7 Å². The van der Waals surface area contributed by atoms with E-state index in [9.17, 15) is 0 Å². The van der Waals surface area contributed by atoms with Crippen LogP contribution in [-0.2, 0) is 6.42 Å². The Morgan fingerprint density at radius 3 is 2.43 bits per heavy atom. The third kappa shape index (κ3) is 3.72. The third-order valence-electron chi connectivity index (χ3n) is 3.55. The number of hydrogen-bond acceptors (Lipinski definition) is 4. The number of hydrogen-bond donors (Lipinski definition) is 1. The maximum atomic E-state index is 4.65. The summed E-state index contributed by atoms with van der Waals surface area (Å²) in [5.74, 6) is 1.64. The number of aryl methyl sites for hydroxylation is 2. The highest BCUT2D eigenvalue weighted by atomic mass is 15.3.